The number of hydrogen-bond donors (Lipinski definition) is 1. The molecule has 5 nitrogen and oxygen atoms in total. The molecular weight excluding hydrogens is 322 g/mol. The van der Waals surface area contributed by atoms with E-state index in [1.807, 2.05) is 12.1 Å². The van der Waals surface area contributed by atoms with E-state index in [1.165, 1.54) is 31.5 Å². The van der Waals surface area contributed by atoms with Crippen LogP contribution in [0.5, 0.6) is 0 Å². The minimum Gasteiger partial charge on any atom is -0.420 e. The standard InChI is InChI=1S/C18H23N3O2S/c22-12-13-24-14-17-19-20-18(23-17)16-7-5-15(6-8-16)4-3-11-21-9-1-2-10-21/h3-8,22H,1-2,9-14H2/b4-3+. The van der Waals surface area contributed by atoms with Gasteiger partial charge in [0.05, 0.1) is 12.4 Å². The van der Waals surface area contributed by atoms with Gasteiger partial charge in [-0.05, 0) is 43.6 Å². The predicted molar refractivity (Wildman–Crippen MR) is 97.7 cm³/mol. The van der Waals surface area contributed by atoms with Crippen LogP contribution in [-0.4, -0.2) is 52.2 Å². The summed E-state index contributed by atoms with van der Waals surface area (Å²) in [6, 6.07) is 8.15. The molecule has 1 N–H and O–H groups in total. The lowest BCUT2D eigenvalue weighted by molar-refractivity contribution is 0.322. The number of aliphatic hydroxyl groups is 1. The van der Waals surface area contributed by atoms with E-state index < -0.39 is 0 Å². The molecule has 0 saturated carbocycles. The maximum Gasteiger partial charge on any atom is 0.247 e. The number of rotatable bonds is 8. The fourth-order valence-corrected chi connectivity index (χ4v) is 3.26. The van der Waals surface area contributed by atoms with Gasteiger partial charge in [0.1, 0.15) is 0 Å². The number of nitrogens with zero attached hydrogens (tertiary/aromatic N) is 3. The van der Waals surface area contributed by atoms with E-state index in [1.54, 1.807) is 11.8 Å². The Balaban J connectivity index is 1.54. The first-order chi connectivity index (χ1) is 11.8. The fourth-order valence-electron chi connectivity index (χ4n) is 2.69. The van der Waals surface area contributed by atoms with Crippen molar-refractivity contribution in [2.24, 2.45) is 0 Å². The van der Waals surface area contributed by atoms with E-state index in [-0.39, 0.29) is 6.61 Å². The average Bonchev–Trinajstić information content (AvgIpc) is 3.28. The van der Waals surface area contributed by atoms with Crippen LogP contribution in [0.1, 0.15) is 24.3 Å². The zero-order chi connectivity index (χ0) is 16.6. The van der Waals surface area contributed by atoms with Crippen molar-refractivity contribution in [3.8, 4) is 11.5 Å². The zero-order valence-electron chi connectivity index (χ0n) is 13.7. The molecule has 2 heterocycles. The summed E-state index contributed by atoms with van der Waals surface area (Å²) in [5.41, 5.74) is 2.11. The Bertz CT molecular complexity index is 649. The summed E-state index contributed by atoms with van der Waals surface area (Å²) in [6.07, 6.45) is 7.04. The Labute approximate surface area is 146 Å². The highest BCUT2D eigenvalue weighted by atomic mass is 32.2. The monoisotopic (exact) mass is 345 g/mol. The summed E-state index contributed by atoms with van der Waals surface area (Å²) in [6.45, 7) is 3.64. The maximum atomic E-state index is 8.78. The van der Waals surface area contributed by atoms with E-state index >= 15 is 0 Å². The summed E-state index contributed by atoms with van der Waals surface area (Å²) in [4.78, 5) is 2.47. The molecule has 0 unspecified atom stereocenters. The molecular formula is C18H23N3O2S. The maximum absolute atomic E-state index is 8.78. The van der Waals surface area contributed by atoms with Crippen molar-refractivity contribution >= 4 is 17.8 Å². The van der Waals surface area contributed by atoms with Gasteiger partial charge in [0.25, 0.3) is 0 Å². The van der Waals surface area contributed by atoms with E-state index in [0.29, 0.717) is 23.3 Å². The van der Waals surface area contributed by atoms with E-state index in [2.05, 4.69) is 39.4 Å². The quantitative estimate of drug-likeness (QED) is 0.742. The van der Waals surface area contributed by atoms with Crippen molar-refractivity contribution in [3.05, 3.63) is 41.8 Å². The van der Waals surface area contributed by atoms with Gasteiger partial charge in [-0.15, -0.1) is 22.0 Å². The number of aromatic nitrogens is 2. The summed E-state index contributed by atoms with van der Waals surface area (Å²) in [5.74, 6) is 2.45. The summed E-state index contributed by atoms with van der Waals surface area (Å²) in [5, 5.41) is 16.9. The highest BCUT2D eigenvalue weighted by Gasteiger charge is 2.09. The van der Waals surface area contributed by atoms with E-state index in [0.717, 1.165) is 12.1 Å². The summed E-state index contributed by atoms with van der Waals surface area (Å²) < 4.78 is 5.66. The molecule has 0 radical (unpaired) electrons. The second-order valence-electron chi connectivity index (χ2n) is 5.81. The van der Waals surface area contributed by atoms with Crippen molar-refractivity contribution in [3.63, 3.8) is 0 Å². The van der Waals surface area contributed by atoms with Crippen molar-refractivity contribution in [2.75, 3.05) is 32.0 Å². The molecule has 0 spiro atoms. The first-order valence-corrected chi connectivity index (χ1v) is 9.51. The lowest BCUT2D eigenvalue weighted by Crippen LogP contribution is -2.18. The van der Waals surface area contributed by atoms with Crippen LogP contribution in [0, 0.1) is 0 Å². The third-order valence-electron chi connectivity index (χ3n) is 3.96. The van der Waals surface area contributed by atoms with E-state index in [9.17, 15) is 0 Å². The molecule has 1 aromatic carbocycles. The van der Waals surface area contributed by atoms with Crippen molar-refractivity contribution in [1.29, 1.82) is 0 Å². The first-order valence-electron chi connectivity index (χ1n) is 8.35. The third-order valence-corrected chi connectivity index (χ3v) is 4.88. The highest BCUT2D eigenvalue weighted by molar-refractivity contribution is 7.98. The van der Waals surface area contributed by atoms with Crippen LogP contribution >= 0.6 is 11.8 Å². The molecule has 1 fully saturated rings. The molecule has 1 aliphatic heterocycles. The van der Waals surface area contributed by atoms with Crippen LogP contribution in [0.2, 0.25) is 0 Å². The van der Waals surface area contributed by atoms with Crippen LogP contribution in [0.15, 0.2) is 34.8 Å². The molecule has 0 atom stereocenters. The van der Waals surface area contributed by atoms with Crippen molar-refractivity contribution in [1.82, 2.24) is 15.1 Å². The molecule has 6 heteroatoms. The highest BCUT2D eigenvalue weighted by Crippen LogP contribution is 2.20. The second-order valence-corrected chi connectivity index (χ2v) is 6.91. The van der Waals surface area contributed by atoms with Gasteiger partial charge in [-0.3, -0.25) is 4.90 Å². The van der Waals surface area contributed by atoms with Crippen LogP contribution in [-0.2, 0) is 5.75 Å². The number of likely N-dealkylation sites (tertiary alicyclic amines) is 1. The average molecular weight is 345 g/mol. The van der Waals surface area contributed by atoms with Crippen LogP contribution in [0.4, 0.5) is 0 Å². The second kappa shape index (κ2) is 9.01. The number of aliphatic hydroxyl groups excluding tert-OH is 1. The summed E-state index contributed by atoms with van der Waals surface area (Å²) in [7, 11) is 0. The molecule has 0 aliphatic carbocycles. The third kappa shape index (κ3) is 4.93. The summed E-state index contributed by atoms with van der Waals surface area (Å²) >= 11 is 1.58. The molecule has 1 aliphatic rings. The Morgan fingerprint density at radius 1 is 1.17 bits per heavy atom. The molecule has 1 aromatic heterocycles. The Morgan fingerprint density at radius 3 is 2.71 bits per heavy atom. The minimum atomic E-state index is 0.165. The van der Waals surface area contributed by atoms with Gasteiger partial charge in [-0.1, -0.05) is 24.3 Å². The topological polar surface area (TPSA) is 62.4 Å². The SMILES string of the molecule is OCCSCc1nnc(-c2ccc(/C=C/CN3CCCC3)cc2)o1. The van der Waals surface area contributed by atoms with Crippen LogP contribution < -0.4 is 0 Å². The number of benzene rings is 1. The predicted octanol–water partition coefficient (Wildman–Crippen LogP) is 3.07. The molecule has 0 amide bonds. The first kappa shape index (κ1) is 17.2. The van der Waals surface area contributed by atoms with Gasteiger partial charge in [-0.2, -0.15) is 0 Å². The van der Waals surface area contributed by atoms with Crippen LogP contribution in [0.3, 0.4) is 0 Å². The Morgan fingerprint density at radius 2 is 1.96 bits per heavy atom. The molecule has 2 aromatic rings. The van der Waals surface area contributed by atoms with Gasteiger partial charge in [-0.25, -0.2) is 0 Å². The number of hydrogen-bond acceptors (Lipinski definition) is 6. The largest absolute Gasteiger partial charge is 0.420 e. The smallest absolute Gasteiger partial charge is 0.247 e. The van der Waals surface area contributed by atoms with E-state index in [4.69, 9.17) is 9.52 Å². The molecule has 128 valence electrons. The van der Waals surface area contributed by atoms with Gasteiger partial charge < -0.3 is 9.52 Å². The fraction of sp³-hybridized carbons (Fsp3) is 0.444. The molecule has 1 saturated heterocycles. The molecule has 3 rings (SSSR count). The normalized spacial score (nSPS) is 15.5. The van der Waals surface area contributed by atoms with Gasteiger partial charge in [0.15, 0.2) is 0 Å². The van der Waals surface area contributed by atoms with Crippen LogP contribution in [0.25, 0.3) is 17.5 Å². The van der Waals surface area contributed by atoms with Gasteiger partial charge in [0.2, 0.25) is 11.8 Å². The van der Waals surface area contributed by atoms with Gasteiger partial charge in [0, 0.05) is 17.9 Å². The molecule has 24 heavy (non-hydrogen) atoms. The van der Waals surface area contributed by atoms with Crippen molar-refractivity contribution in [2.45, 2.75) is 18.6 Å². The lowest BCUT2D eigenvalue weighted by Gasteiger charge is -2.10. The Kier molecular flexibility index (Phi) is 6.46. The minimum absolute atomic E-state index is 0.165. The van der Waals surface area contributed by atoms with Gasteiger partial charge >= 0.3 is 0 Å². The zero-order valence-corrected chi connectivity index (χ0v) is 14.5. The molecule has 0 bridgehead atoms. The number of thioether (sulfide) groups is 1. The lowest BCUT2D eigenvalue weighted by atomic mass is 10.1. The van der Waals surface area contributed by atoms with Crippen molar-refractivity contribution < 1.29 is 9.52 Å². The Hall–Kier alpha value is -1.63.